The predicted molar refractivity (Wildman–Crippen MR) is 89.2 cm³/mol. The first-order valence-corrected chi connectivity index (χ1v) is 9.51. The van der Waals surface area contributed by atoms with Crippen LogP contribution in [0.4, 0.5) is 0 Å². The molecule has 124 valence electrons. The molecule has 1 amide bonds. The van der Waals surface area contributed by atoms with Gasteiger partial charge in [0, 0.05) is 25.0 Å². The van der Waals surface area contributed by atoms with Crippen LogP contribution in [-0.2, 0) is 14.8 Å². The van der Waals surface area contributed by atoms with Gasteiger partial charge in [0.05, 0.1) is 4.90 Å². The topological polar surface area (TPSA) is 66.5 Å². The fraction of sp³-hybridized carbons (Fsp3) is 0.471. The Labute approximate surface area is 137 Å². The van der Waals surface area contributed by atoms with Gasteiger partial charge in [0.25, 0.3) is 0 Å². The summed E-state index contributed by atoms with van der Waals surface area (Å²) in [5.41, 5.74) is 0.885. The summed E-state index contributed by atoms with van der Waals surface area (Å²) in [5, 5.41) is 0. The third kappa shape index (κ3) is 3.82. The molecule has 2 aliphatic rings. The average Bonchev–Trinajstić information content (AvgIpc) is 3.39. The molecule has 1 N–H and O–H groups in total. The van der Waals surface area contributed by atoms with Crippen LogP contribution >= 0.6 is 0 Å². The number of sulfonamides is 1. The molecule has 0 aromatic heterocycles. The first-order chi connectivity index (χ1) is 11.0. The van der Waals surface area contributed by atoms with Gasteiger partial charge >= 0.3 is 0 Å². The van der Waals surface area contributed by atoms with Gasteiger partial charge in [-0.15, -0.1) is 0 Å². The second-order valence-electron chi connectivity index (χ2n) is 6.27. The lowest BCUT2D eigenvalue weighted by atomic mass is 10.1. The highest BCUT2D eigenvalue weighted by atomic mass is 32.2. The highest BCUT2D eigenvalue weighted by molar-refractivity contribution is 7.89. The SMILES string of the molecule is C=Cc1ccc(S(=O)(=O)NC2CCN(C(=O)C3CC3)CC2)cc1. The molecule has 1 saturated heterocycles. The molecule has 0 spiro atoms. The van der Waals surface area contributed by atoms with Crippen LogP contribution in [0.2, 0.25) is 0 Å². The summed E-state index contributed by atoms with van der Waals surface area (Å²) in [6.45, 7) is 4.93. The number of likely N-dealkylation sites (tertiary alicyclic amines) is 1. The number of nitrogens with one attached hydrogen (secondary N) is 1. The Hall–Kier alpha value is -1.66. The van der Waals surface area contributed by atoms with E-state index in [2.05, 4.69) is 11.3 Å². The Bertz CT molecular complexity index is 685. The van der Waals surface area contributed by atoms with E-state index in [0.717, 1.165) is 18.4 Å². The Morgan fingerprint density at radius 2 is 1.74 bits per heavy atom. The van der Waals surface area contributed by atoms with Crippen molar-refractivity contribution in [1.82, 2.24) is 9.62 Å². The molecule has 3 rings (SSSR count). The second-order valence-corrected chi connectivity index (χ2v) is 7.98. The van der Waals surface area contributed by atoms with E-state index >= 15 is 0 Å². The molecule has 1 aromatic rings. The van der Waals surface area contributed by atoms with Crippen molar-refractivity contribution in [2.24, 2.45) is 5.92 Å². The standard InChI is InChI=1S/C17H22N2O3S/c1-2-13-3-7-16(8-4-13)23(21,22)18-15-9-11-19(12-10-15)17(20)14-5-6-14/h2-4,7-8,14-15,18H,1,5-6,9-12H2. The fourth-order valence-corrected chi connectivity index (χ4v) is 4.18. The maximum Gasteiger partial charge on any atom is 0.240 e. The first-order valence-electron chi connectivity index (χ1n) is 8.03. The predicted octanol–water partition coefficient (Wildman–Crippen LogP) is 2.01. The smallest absolute Gasteiger partial charge is 0.240 e. The number of hydrogen-bond donors (Lipinski definition) is 1. The van der Waals surface area contributed by atoms with Gasteiger partial charge in [0.1, 0.15) is 0 Å². The second kappa shape index (κ2) is 6.45. The van der Waals surface area contributed by atoms with E-state index in [1.165, 1.54) is 0 Å². The van der Waals surface area contributed by atoms with Crippen LogP contribution in [0.15, 0.2) is 35.7 Å². The summed E-state index contributed by atoms with van der Waals surface area (Å²) in [5.74, 6) is 0.470. The van der Waals surface area contributed by atoms with Gasteiger partial charge in [-0.1, -0.05) is 24.8 Å². The molecular weight excluding hydrogens is 312 g/mol. The third-order valence-corrected chi connectivity index (χ3v) is 6.02. The van der Waals surface area contributed by atoms with Gasteiger partial charge < -0.3 is 4.90 Å². The van der Waals surface area contributed by atoms with Crippen molar-refractivity contribution in [2.75, 3.05) is 13.1 Å². The van der Waals surface area contributed by atoms with E-state index in [0.29, 0.717) is 25.9 Å². The molecule has 0 radical (unpaired) electrons. The molecule has 2 fully saturated rings. The third-order valence-electron chi connectivity index (χ3n) is 4.48. The molecule has 0 bridgehead atoms. The van der Waals surface area contributed by atoms with E-state index in [4.69, 9.17) is 0 Å². The van der Waals surface area contributed by atoms with Crippen LogP contribution < -0.4 is 4.72 Å². The van der Waals surface area contributed by atoms with Crippen molar-refractivity contribution < 1.29 is 13.2 Å². The summed E-state index contributed by atoms with van der Waals surface area (Å²) in [6, 6.07) is 6.54. The van der Waals surface area contributed by atoms with Crippen molar-refractivity contribution in [1.29, 1.82) is 0 Å². The van der Waals surface area contributed by atoms with Crippen LogP contribution in [-0.4, -0.2) is 38.4 Å². The Kier molecular flexibility index (Phi) is 4.55. The monoisotopic (exact) mass is 334 g/mol. The number of carbonyl (C=O) groups is 1. The van der Waals surface area contributed by atoms with Crippen LogP contribution in [0, 0.1) is 5.92 Å². The van der Waals surface area contributed by atoms with Crippen LogP contribution in [0.25, 0.3) is 6.08 Å². The summed E-state index contributed by atoms with van der Waals surface area (Å²) < 4.78 is 27.6. The molecule has 1 aliphatic carbocycles. The lowest BCUT2D eigenvalue weighted by molar-refractivity contribution is -0.133. The number of carbonyl (C=O) groups excluding carboxylic acids is 1. The highest BCUT2D eigenvalue weighted by Crippen LogP contribution is 2.32. The van der Waals surface area contributed by atoms with Gasteiger partial charge in [0.15, 0.2) is 0 Å². The van der Waals surface area contributed by atoms with Gasteiger partial charge in [-0.25, -0.2) is 13.1 Å². The first kappa shape index (κ1) is 16.2. The summed E-state index contributed by atoms with van der Waals surface area (Å²) >= 11 is 0. The lowest BCUT2D eigenvalue weighted by Gasteiger charge is -2.32. The highest BCUT2D eigenvalue weighted by Gasteiger charge is 2.35. The average molecular weight is 334 g/mol. The quantitative estimate of drug-likeness (QED) is 0.896. The molecule has 0 atom stereocenters. The van der Waals surface area contributed by atoms with Gasteiger partial charge in [-0.3, -0.25) is 4.79 Å². The zero-order valence-electron chi connectivity index (χ0n) is 13.1. The molecule has 1 aromatic carbocycles. The zero-order valence-corrected chi connectivity index (χ0v) is 13.9. The fourth-order valence-electron chi connectivity index (χ4n) is 2.88. The van der Waals surface area contributed by atoms with E-state index < -0.39 is 10.0 Å². The maximum atomic E-state index is 12.4. The largest absolute Gasteiger partial charge is 0.342 e. The number of benzene rings is 1. The summed E-state index contributed by atoms with van der Waals surface area (Å²) in [7, 11) is -3.51. The molecule has 1 saturated carbocycles. The van der Waals surface area contributed by atoms with Gasteiger partial charge in [0.2, 0.25) is 15.9 Å². The van der Waals surface area contributed by atoms with Gasteiger partial charge in [-0.05, 0) is 43.4 Å². The van der Waals surface area contributed by atoms with E-state index in [1.54, 1.807) is 30.3 Å². The number of nitrogens with zero attached hydrogens (tertiary/aromatic N) is 1. The molecule has 6 heteroatoms. The lowest BCUT2D eigenvalue weighted by Crippen LogP contribution is -2.46. The molecule has 0 unspecified atom stereocenters. The number of rotatable bonds is 5. The molecule has 23 heavy (non-hydrogen) atoms. The zero-order chi connectivity index (χ0) is 16.4. The van der Waals surface area contributed by atoms with Gasteiger partial charge in [-0.2, -0.15) is 0 Å². The molecule has 5 nitrogen and oxygen atoms in total. The Balaban J connectivity index is 1.58. The normalized spacial score (nSPS) is 19.6. The minimum absolute atomic E-state index is 0.109. The Morgan fingerprint density at radius 1 is 1.13 bits per heavy atom. The van der Waals surface area contributed by atoms with E-state index in [1.807, 2.05) is 4.90 Å². The van der Waals surface area contributed by atoms with Crippen LogP contribution in [0.1, 0.15) is 31.2 Å². The number of piperidine rings is 1. The van der Waals surface area contributed by atoms with Crippen LogP contribution in [0.3, 0.4) is 0 Å². The van der Waals surface area contributed by atoms with Crippen molar-refractivity contribution in [3.05, 3.63) is 36.4 Å². The van der Waals surface area contributed by atoms with E-state index in [9.17, 15) is 13.2 Å². The summed E-state index contributed by atoms with van der Waals surface area (Å²) in [6.07, 6.45) is 5.03. The minimum atomic E-state index is -3.51. The Morgan fingerprint density at radius 3 is 2.26 bits per heavy atom. The van der Waals surface area contributed by atoms with Crippen molar-refractivity contribution >= 4 is 22.0 Å². The van der Waals surface area contributed by atoms with E-state index in [-0.39, 0.29) is 22.8 Å². The van der Waals surface area contributed by atoms with Crippen molar-refractivity contribution in [3.63, 3.8) is 0 Å². The summed E-state index contributed by atoms with van der Waals surface area (Å²) in [4.78, 5) is 14.2. The molecular formula is C17H22N2O3S. The molecule has 1 heterocycles. The maximum absolute atomic E-state index is 12.4. The van der Waals surface area contributed by atoms with Crippen LogP contribution in [0.5, 0.6) is 0 Å². The minimum Gasteiger partial charge on any atom is -0.342 e. The number of amides is 1. The van der Waals surface area contributed by atoms with Crippen molar-refractivity contribution in [3.8, 4) is 0 Å². The number of hydrogen-bond acceptors (Lipinski definition) is 3. The van der Waals surface area contributed by atoms with Crippen molar-refractivity contribution in [2.45, 2.75) is 36.6 Å². The molecule has 1 aliphatic heterocycles.